The third-order valence-corrected chi connectivity index (χ3v) is 5.33. The molecule has 6 heteroatoms. The third-order valence-electron chi connectivity index (χ3n) is 5.33. The molecule has 0 amide bonds. The average Bonchev–Trinajstić information content (AvgIpc) is 2.87. The van der Waals surface area contributed by atoms with Crippen LogP contribution in [0, 0.1) is 20.8 Å². The molecule has 0 saturated carbocycles. The first-order valence-corrected chi connectivity index (χ1v) is 11.3. The Kier molecular flexibility index (Phi) is 7.25. The van der Waals surface area contributed by atoms with Gasteiger partial charge in [-0.1, -0.05) is 53.1 Å². The summed E-state index contributed by atoms with van der Waals surface area (Å²) >= 11 is 0. The van der Waals surface area contributed by atoms with Gasteiger partial charge in [0.2, 0.25) is 0 Å². The van der Waals surface area contributed by atoms with Gasteiger partial charge in [0.15, 0.2) is 0 Å². The maximum absolute atomic E-state index is 12.9. The van der Waals surface area contributed by atoms with Gasteiger partial charge >= 0.3 is 17.9 Å². The number of hydrogen-bond acceptors (Lipinski definition) is 6. The molecule has 36 heavy (non-hydrogen) atoms. The Labute approximate surface area is 209 Å². The van der Waals surface area contributed by atoms with Crippen molar-refractivity contribution in [3.05, 3.63) is 124 Å². The van der Waals surface area contributed by atoms with Gasteiger partial charge in [0, 0.05) is 0 Å². The Morgan fingerprint density at radius 2 is 0.639 bits per heavy atom. The lowest BCUT2D eigenvalue weighted by molar-refractivity contribution is 0.0734. The van der Waals surface area contributed by atoms with E-state index in [4.69, 9.17) is 14.2 Å². The van der Waals surface area contributed by atoms with Crippen molar-refractivity contribution in [3.63, 3.8) is 0 Å². The molecule has 4 aromatic rings. The van der Waals surface area contributed by atoms with E-state index in [2.05, 4.69) is 0 Å². The Balaban J connectivity index is 1.64. The van der Waals surface area contributed by atoms with E-state index in [1.165, 1.54) is 18.2 Å². The smallest absolute Gasteiger partial charge is 0.343 e. The summed E-state index contributed by atoms with van der Waals surface area (Å²) in [6.45, 7) is 5.75. The topological polar surface area (TPSA) is 78.9 Å². The molecule has 0 bridgehead atoms. The van der Waals surface area contributed by atoms with Gasteiger partial charge in [0.1, 0.15) is 17.2 Å². The van der Waals surface area contributed by atoms with E-state index in [9.17, 15) is 14.4 Å². The van der Waals surface area contributed by atoms with Gasteiger partial charge in [-0.3, -0.25) is 0 Å². The Bertz CT molecular complexity index is 1210. The largest absolute Gasteiger partial charge is 0.423 e. The number of carbonyl (C=O) groups excluding carboxylic acids is 3. The first kappa shape index (κ1) is 24.4. The molecule has 0 aromatic heterocycles. The quantitative estimate of drug-likeness (QED) is 0.239. The summed E-state index contributed by atoms with van der Waals surface area (Å²) in [7, 11) is 0. The normalized spacial score (nSPS) is 10.4. The highest BCUT2D eigenvalue weighted by molar-refractivity contribution is 6.01. The van der Waals surface area contributed by atoms with Crippen LogP contribution in [0.1, 0.15) is 47.8 Å². The maximum Gasteiger partial charge on any atom is 0.343 e. The van der Waals surface area contributed by atoms with Crippen molar-refractivity contribution in [1.82, 2.24) is 0 Å². The third kappa shape index (κ3) is 6.24. The molecule has 4 rings (SSSR count). The van der Waals surface area contributed by atoms with E-state index in [0.29, 0.717) is 17.2 Å². The van der Waals surface area contributed by atoms with E-state index in [1.54, 1.807) is 36.4 Å². The average molecular weight is 481 g/mol. The number of aryl methyl sites for hydroxylation is 3. The monoisotopic (exact) mass is 480 g/mol. The van der Waals surface area contributed by atoms with Gasteiger partial charge in [-0.15, -0.1) is 0 Å². The molecule has 6 nitrogen and oxygen atoms in total. The summed E-state index contributed by atoms with van der Waals surface area (Å²) < 4.78 is 16.3. The van der Waals surface area contributed by atoms with Crippen molar-refractivity contribution < 1.29 is 28.6 Å². The van der Waals surface area contributed by atoms with Crippen LogP contribution in [0.25, 0.3) is 0 Å². The number of carbonyl (C=O) groups is 3. The number of hydrogen-bond donors (Lipinski definition) is 0. The number of benzene rings is 4. The van der Waals surface area contributed by atoms with Gasteiger partial charge in [-0.25, -0.2) is 14.4 Å². The molecule has 4 aromatic carbocycles. The van der Waals surface area contributed by atoms with E-state index < -0.39 is 17.9 Å². The fourth-order valence-electron chi connectivity index (χ4n) is 3.30. The van der Waals surface area contributed by atoms with Crippen LogP contribution in [0.15, 0.2) is 91.0 Å². The van der Waals surface area contributed by atoms with Gasteiger partial charge in [-0.2, -0.15) is 0 Å². The van der Waals surface area contributed by atoms with Crippen LogP contribution in [-0.4, -0.2) is 17.9 Å². The molecule has 0 aliphatic rings. The molecule has 0 fully saturated rings. The highest BCUT2D eigenvalue weighted by atomic mass is 16.5. The summed E-state index contributed by atoms with van der Waals surface area (Å²) in [5, 5.41) is 0. The molecule has 0 atom stereocenters. The first-order valence-electron chi connectivity index (χ1n) is 11.3. The van der Waals surface area contributed by atoms with Crippen LogP contribution in [0.5, 0.6) is 17.2 Å². The second-order valence-electron chi connectivity index (χ2n) is 8.41. The van der Waals surface area contributed by atoms with Gasteiger partial charge in [-0.05, 0) is 75.4 Å². The predicted molar refractivity (Wildman–Crippen MR) is 135 cm³/mol. The molecule has 0 unspecified atom stereocenters. The van der Waals surface area contributed by atoms with Crippen molar-refractivity contribution >= 4 is 17.9 Å². The fourth-order valence-corrected chi connectivity index (χ4v) is 3.30. The highest BCUT2D eigenvalue weighted by Gasteiger charge is 2.20. The van der Waals surface area contributed by atoms with Gasteiger partial charge in [0.05, 0.1) is 16.7 Å². The Morgan fingerprint density at radius 1 is 0.417 bits per heavy atom. The lowest BCUT2D eigenvalue weighted by atomic mass is 10.1. The van der Waals surface area contributed by atoms with Crippen LogP contribution in [0.2, 0.25) is 0 Å². The molecule has 0 aliphatic carbocycles. The zero-order valence-corrected chi connectivity index (χ0v) is 20.1. The van der Waals surface area contributed by atoms with E-state index in [-0.39, 0.29) is 16.7 Å². The fraction of sp³-hybridized carbons (Fsp3) is 0.100. The molecule has 0 saturated heterocycles. The molecule has 0 N–H and O–H groups in total. The second-order valence-corrected chi connectivity index (χ2v) is 8.41. The number of esters is 3. The molecule has 180 valence electrons. The summed E-state index contributed by atoms with van der Waals surface area (Å²) in [5.41, 5.74) is 3.05. The van der Waals surface area contributed by atoms with Crippen LogP contribution in [-0.2, 0) is 0 Å². The summed E-state index contributed by atoms with van der Waals surface area (Å²) in [5.74, 6) is -1.18. The van der Waals surface area contributed by atoms with Gasteiger partial charge in [0.25, 0.3) is 0 Å². The van der Waals surface area contributed by atoms with Crippen molar-refractivity contribution in [2.75, 3.05) is 0 Å². The molecule has 0 spiro atoms. The zero-order valence-electron chi connectivity index (χ0n) is 20.1. The zero-order chi connectivity index (χ0) is 25.7. The molecule has 0 aliphatic heterocycles. The van der Waals surface area contributed by atoms with Crippen molar-refractivity contribution in [1.29, 1.82) is 0 Å². The maximum atomic E-state index is 12.9. The number of rotatable bonds is 6. The summed E-state index contributed by atoms with van der Waals surface area (Å²) in [6.07, 6.45) is 0. The minimum absolute atomic E-state index is 0.00443. The molecular formula is C30H24O6. The Morgan fingerprint density at radius 3 is 0.861 bits per heavy atom. The van der Waals surface area contributed by atoms with Crippen molar-refractivity contribution in [2.45, 2.75) is 20.8 Å². The Hall–Kier alpha value is -4.71. The van der Waals surface area contributed by atoms with Gasteiger partial charge < -0.3 is 14.2 Å². The molecule has 0 radical (unpaired) electrons. The van der Waals surface area contributed by atoms with Crippen LogP contribution < -0.4 is 14.2 Å². The van der Waals surface area contributed by atoms with Crippen molar-refractivity contribution in [2.24, 2.45) is 0 Å². The lowest BCUT2D eigenvalue weighted by Crippen LogP contribution is -2.16. The molecular weight excluding hydrogens is 456 g/mol. The number of ether oxygens (including phenoxy) is 3. The van der Waals surface area contributed by atoms with Crippen LogP contribution in [0.4, 0.5) is 0 Å². The summed E-state index contributed by atoms with van der Waals surface area (Å²) in [4.78, 5) is 38.7. The van der Waals surface area contributed by atoms with Crippen LogP contribution in [0.3, 0.4) is 0 Å². The van der Waals surface area contributed by atoms with E-state index in [0.717, 1.165) is 16.7 Å². The first-order chi connectivity index (χ1) is 17.3. The second kappa shape index (κ2) is 10.7. The minimum Gasteiger partial charge on any atom is -0.423 e. The summed E-state index contributed by atoms with van der Waals surface area (Å²) in [6, 6.07) is 24.8. The molecule has 0 heterocycles. The highest BCUT2D eigenvalue weighted by Crippen LogP contribution is 2.21. The standard InChI is InChI=1S/C30H24O6/c1-19-4-10-25(11-5-19)34-28(31)22-16-23(29(32)35-26-12-6-20(2)7-13-26)18-24(17-22)30(33)36-27-14-8-21(3)9-15-27/h4-18H,1-3H3. The van der Waals surface area contributed by atoms with E-state index >= 15 is 0 Å². The van der Waals surface area contributed by atoms with Crippen molar-refractivity contribution in [3.8, 4) is 17.2 Å². The lowest BCUT2D eigenvalue weighted by Gasteiger charge is -2.11. The SMILES string of the molecule is Cc1ccc(OC(=O)c2cc(C(=O)Oc3ccc(C)cc3)cc(C(=O)Oc3ccc(C)cc3)c2)cc1. The van der Waals surface area contributed by atoms with Crippen LogP contribution >= 0.6 is 0 Å². The van der Waals surface area contributed by atoms with E-state index in [1.807, 2.05) is 57.2 Å². The predicted octanol–water partition coefficient (Wildman–Crippen LogP) is 6.27. The minimum atomic E-state index is -0.728.